The summed E-state index contributed by atoms with van der Waals surface area (Å²) in [6.45, 7) is 2.17. The Bertz CT molecular complexity index is 299. The number of benzene rings is 1. The van der Waals surface area contributed by atoms with Gasteiger partial charge < -0.3 is 10.5 Å². The minimum absolute atomic E-state index is 0.214. The first-order valence-electron chi connectivity index (χ1n) is 4.28. The third-order valence-electron chi connectivity index (χ3n) is 2.11. The van der Waals surface area contributed by atoms with Crippen molar-refractivity contribution in [2.45, 2.75) is 19.9 Å². The summed E-state index contributed by atoms with van der Waals surface area (Å²) in [5.41, 5.74) is 6.88. The molecule has 0 atom stereocenters. The zero-order valence-corrected chi connectivity index (χ0v) is 7.93. The monoisotopic (exact) mass is 183 g/mol. The van der Waals surface area contributed by atoms with Crippen LogP contribution in [0.4, 0.5) is 4.39 Å². The Balaban J connectivity index is 3.27. The largest absolute Gasteiger partial charge is 0.496 e. The molecular weight excluding hydrogens is 169 g/mol. The second kappa shape index (κ2) is 4.23. The third-order valence-corrected chi connectivity index (χ3v) is 2.11. The van der Waals surface area contributed by atoms with Crippen molar-refractivity contribution in [3.8, 4) is 5.75 Å². The predicted molar refractivity (Wildman–Crippen MR) is 50.2 cm³/mol. The van der Waals surface area contributed by atoms with Crippen LogP contribution in [0.5, 0.6) is 5.75 Å². The first-order valence-corrected chi connectivity index (χ1v) is 4.28. The molecule has 0 amide bonds. The van der Waals surface area contributed by atoms with Gasteiger partial charge in [0.05, 0.1) is 7.11 Å². The van der Waals surface area contributed by atoms with Gasteiger partial charge in [-0.1, -0.05) is 6.92 Å². The van der Waals surface area contributed by atoms with E-state index in [0.717, 1.165) is 12.0 Å². The lowest BCUT2D eigenvalue weighted by Crippen LogP contribution is -2.06. The van der Waals surface area contributed by atoms with Crippen molar-refractivity contribution in [2.24, 2.45) is 5.73 Å². The Morgan fingerprint density at radius 1 is 1.38 bits per heavy atom. The number of halogens is 1. The Hall–Kier alpha value is -1.09. The zero-order valence-electron chi connectivity index (χ0n) is 7.93. The van der Waals surface area contributed by atoms with Gasteiger partial charge in [0, 0.05) is 17.7 Å². The van der Waals surface area contributed by atoms with Crippen LogP contribution in [0.3, 0.4) is 0 Å². The zero-order chi connectivity index (χ0) is 9.84. The Labute approximate surface area is 77.5 Å². The number of methoxy groups -OCH3 is 1. The van der Waals surface area contributed by atoms with E-state index in [2.05, 4.69) is 0 Å². The molecule has 0 unspecified atom stereocenters. The molecule has 1 rings (SSSR count). The average molecular weight is 183 g/mol. The summed E-state index contributed by atoms with van der Waals surface area (Å²) in [5.74, 6) is 0.463. The molecule has 0 fully saturated rings. The van der Waals surface area contributed by atoms with Gasteiger partial charge in [0.2, 0.25) is 0 Å². The van der Waals surface area contributed by atoms with Crippen molar-refractivity contribution in [2.75, 3.05) is 7.11 Å². The summed E-state index contributed by atoms with van der Waals surface area (Å²) in [5, 5.41) is 0. The van der Waals surface area contributed by atoms with E-state index in [4.69, 9.17) is 10.5 Å². The predicted octanol–water partition coefficient (Wildman–Crippen LogP) is 1.86. The lowest BCUT2D eigenvalue weighted by Gasteiger charge is -2.11. The lowest BCUT2D eigenvalue weighted by molar-refractivity contribution is 0.407. The molecule has 0 saturated heterocycles. The van der Waals surface area contributed by atoms with E-state index in [-0.39, 0.29) is 12.4 Å². The van der Waals surface area contributed by atoms with Crippen LogP contribution < -0.4 is 10.5 Å². The summed E-state index contributed by atoms with van der Waals surface area (Å²) >= 11 is 0. The fourth-order valence-electron chi connectivity index (χ4n) is 1.44. The third kappa shape index (κ3) is 1.80. The fourth-order valence-corrected chi connectivity index (χ4v) is 1.44. The molecule has 2 N–H and O–H groups in total. The minimum Gasteiger partial charge on any atom is -0.496 e. The molecular formula is C10H14FNO. The SMILES string of the molecule is CCc1c(OC)ccc(F)c1CN. The quantitative estimate of drug-likeness (QED) is 0.776. The highest BCUT2D eigenvalue weighted by molar-refractivity contribution is 5.41. The normalized spacial score (nSPS) is 10.2. The Kier molecular flexibility index (Phi) is 3.25. The first kappa shape index (κ1) is 9.99. The van der Waals surface area contributed by atoms with Crippen molar-refractivity contribution < 1.29 is 9.13 Å². The van der Waals surface area contributed by atoms with Gasteiger partial charge in [-0.05, 0) is 18.6 Å². The van der Waals surface area contributed by atoms with E-state index in [1.807, 2.05) is 6.92 Å². The molecule has 0 saturated carbocycles. The Morgan fingerprint density at radius 3 is 2.54 bits per heavy atom. The molecule has 2 nitrogen and oxygen atoms in total. The van der Waals surface area contributed by atoms with Gasteiger partial charge in [-0.3, -0.25) is 0 Å². The molecule has 13 heavy (non-hydrogen) atoms. The molecule has 72 valence electrons. The summed E-state index contributed by atoms with van der Waals surface area (Å²) in [4.78, 5) is 0. The van der Waals surface area contributed by atoms with Gasteiger partial charge in [0.25, 0.3) is 0 Å². The van der Waals surface area contributed by atoms with Crippen LogP contribution in [0.2, 0.25) is 0 Å². The molecule has 0 radical (unpaired) electrons. The van der Waals surface area contributed by atoms with Gasteiger partial charge in [0.15, 0.2) is 0 Å². The van der Waals surface area contributed by atoms with Crippen LogP contribution >= 0.6 is 0 Å². The molecule has 0 aromatic heterocycles. The number of nitrogens with two attached hydrogens (primary N) is 1. The van der Waals surface area contributed by atoms with Crippen molar-refractivity contribution >= 4 is 0 Å². The summed E-state index contributed by atoms with van der Waals surface area (Å²) in [7, 11) is 1.58. The van der Waals surface area contributed by atoms with E-state index >= 15 is 0 Å². The summed E-state index contributed by atoms with van der Waals surface area (Å²) < 4.78 is 18.3. The second-order valence-corrected chi connectivity index (χ2v) is 2.76. The van der Waals surface area contributed by atoms with E-state index in [1.165, 1.54) is 6.07 Å². The molecule has 0 spiro atoms. The maximum atomic E-state index is 13.2. The second-order valence-electron chi connectivity index (χ2n) is 2.76. The van der Waals surface area contributed by atoms with Gasteiger partial charge in [-0.15, -0.1) is 0 Å². The average Bonchev–Trinajstić information content (AvgIpc) is 2.17. The molecule has 0 bridgehead atoms. The number of hydrogen-bond donors (Lipinski definition) is 1. The number of hydrogen-bond acceptors (Lipinski definition) is 2. The highest BCUT2D eigenvalue weighted by atomic mass is 19.1. The van der Waals surface area contributed by atoms with Gasteiger partial charge >= 0.3 is 0 Å². The van der Waals surface area contributed by atoms with E-state index in [9.17, 15) is 4.39 Å². The molecule has 0 aliphatic rings. The van der Waals surface area contributed by atoms with Crippen LogP contribution in [0.1, 0.15) is 18.1 Å². The Morgan fingerprint density at radius 2 is 2.08 bits per heavy atom. The number of rotatable bonds is 3. The van der Waals surface area contributed by atoms with Gasteiger partial charge in [-0.2, -0.15) is 0 Å². The molecule has 0 aliphatic carbocycles. The molecule has 0 heterocycles. The van der Waals surface area contributed by atoms with Crippen molar-refractivity contribution in [3.63, 3.8) is 0 Å². The minimum atomic E-state index is -0.250. The summed E-state index contributed by atoms with van der Waals surface area (Å²) in [6.07, 6.45) is 0.730. The van der Waals surface area contributed by atoms with Crippen molar-refractivity contribution in [3.05, 3.63) is 29.1 Å². The molecule has 1 aromatic rings. The van der Waals surface area contributed by atoms with E-state index in [1.54, 1.807) is 13.2 Å². The fraction of sp³-hybridized carbons (Fsp3) is 0.400. The maximum absolute atomic E-state index is 13.2. The van der Waals surface area contributed by atoms with Gasteiger partial charge in [-0.25, -0.2) is 4.39 Å². The molecule has 1 aromatic carbocycles. The first-order chi connectivity index (χ1) is 6.24. The highest BCUT2D eigenvalue weighted by Gasteiger charge is 2.10. The van der Waals surface area contributed by atoms with Crippen molar-refractivity contribution in [1.29, 1.82) is 0 Å². The van der Waals surface area contributed by atoms with E-state index in [0.29, 0.717) is 11.3 Å². The standard InChI is InChI=1S/C10H14FNO/c1-3-7-8(6-12)9(11)4-5-10(7)13-2/h4-5H,3,6,12H2,1-2H3. The van der Waals surface area contributed by atoms with Crippen LogP contribution in [-0.4, -0.2) is 7.11 Å². The number of ether oxygens (including phenoxy) is 1. The van der Waals surface area contributed by atoms with Crippen LogP contribution in [0.25, 0.3) is 0 Å². The maximum Gasteiger partial charge on any atom is 0.128 e. The smallest absolute Gasteiger partial charge is 0.128 e. The molecule has 0 aliphatic heterocycles. The van der Waals surface area contributed by atoms with Gasteiger partial charge in [0.1, 0.15) is 11.6 Å². The topological polar surface area (TPSA) is 35.2 Å². The summed E-state index contributed by atoms with van der Waals surface area (Å²) in [6, 6.07) is 3.02. The van der Waals surface area contributed by atoms with Crippen molar-refractivity contribution in [1.82, 2.24) is 0 Å². The van der Waals surface area contributed by atoms with Crippen LogP contribution in [-0.2, 0) is 13.0 Å². The van der Waals surface area contributed by atoms with Crippen LogP contribution in [0.15, 0.2) is 12.1 Å². The molecule has 3 heteroatoms. The van der Waals surface area contributed by atoms with E-state index < -0.39 is 0 Å². The van der Waals surface area contributed by atoms with Crippen LogP contribution in [0, 0.1) is 5.82 Å². The lowest BCUT2D eigenvalue weighted by atomic mass is 10.0. The highest BCUT2D eigenvalue weighted by Crippen LogP contribution is 2.24.